The lowest BCUT2D eigenvalue weighted by Gasteiger charge is -2.26. The van der Waals surface area contributed by atoms with Gasteiger partial charge in [-0.15, -0.1) is 0 Å². The van der Waals surface area contributed by atoms with E-state index in [1.165, 1.54) is 11.1 Å². The molecular formula is C18H21NO2S. The van der Waals surface area contributed by atoms with Crippen molar-refractivity contribution in [2.45, 2.75) is 30.2 Å². The second-order valence-electron chi connectivity index (χ2n) is 5.73. The van der Waals surface area contributed by atoms with Gasteiger partial charge in [0.1, 0.15) is 0 Å². The molecule has 0 spiro atoms. The van der Waals surface area contributed by atoms with E-state index >= 15 is 0 Å². The Balaban J connectivity index is 1.63. The van der Waals surface area contributed by atoms with Crippen LogP contribution < -0.4 is 5.32 Å². The van der Waals surface area contributed by atoms with Gasteiger partial charge < -0.3 is 5.32 Å². The quantitative estimate of drug-likeness (QED) is 0.922. The van der Waals surface area contributed by atoms with Crippen molar-refractivity contribution >= 4 is 9.84 Å². The van der Waals surface area contributed by atoms with Gasteiger partial charge >= 0.3 is 0 Å². The first-order valence-corrected chi connectivity index (χ1v) is 9.41. The summed E-state index contributed by atoms with van der Waals surface area (Å²) in [6.07, 6.45) is 3.35. The maximum atomic E-state index is 12.3. The molecule has 0 aromatic heterocycles. The summed E-state index contributed by atoms with van der Waals surface area (Å²) in [7, 11) is -3.20. The minimum absolute atomic E-state index is 0.135. The highest BCUT2D eigenvalue weighted by atomic mass is 32.2. The van der Waals surface area contributed by atoms with Gasteiger partial charge in [0, 0.05) is 12.6 Å². The Hall–Kier alpha value is -1.65. The van der Waals surface area contributed by atoms with E-state index in [2.05, 4.69) is 29.6 Å². The van der Waals surface area contributed by atoms with Crippen LogP contribution in [0.4, 0.5) is 0 Å². The van der Waals surface area contributed by atoms with Crippen LogP contribution in [-0.2, 0) is 16.3 Å². The van der Waals surface area contributed by atoms with Crippen molar-refractivity contribution in [1.29, 1.82) is 0 Å². The third-order valence-corrected chi connectivity index (χ3v) is 5.97. The molecule has 1 N–H and O–H groups in total. The number of rotatable bonds is 5. The fourth-order valence-electron chi connectivity index (χ4n) is 3.08. The first-order valence-electron chi connectivity index (χ1n) is 7.76. The smallest absolute Gasteiger partial charge is 0.179 e. The topological polar surface area (TPSA) is 46.2 Å². The third-order valence-electron chi connectivity index (χ3n) is 4.23. The molecule has 2 aromatic carbocycles. The molecule has 0 aliphatic heterocycles. The number of fused-ring (bicyclic) bond motifs is 1. The van der Waals surface area contributed by atoms with Crippen molar-refractivity contribution in [3.63, 3.8) is 0 Å². The maximum Gasteiger partial charge on any atom is 0.179 e. The zero-order chi connectivity index (χ0) is 15.4. The molecule has 0 bridgehead atoms. The summed E-state index contributed by atoms with van der Waals surface area (Å²) in [5.41, 5.74) is 2.71. The Kier molecular flexibility index (Phi) is 4.60. The van der Waals surface area contributed by atoms with Crippen molar-refractivity contribution in [2.75, 3.05) is 12.3 Å². The second kappa shape index (κ2) is 6.63. The molecule has 22 heavy (non-hydrogen) atoms. The first-order chi connectivity index (χ1) is 10.7. The van der Waals surface area contributed by atoms with E-state index in [1.54, 1.807) is 24.3 Å². The van der Waals surface area contributed by atoms with Crippen molar-refractivity contribution in [1.82, 2.24) is 5.32 Å². The molecule has 0 fully saturated rings. The van der Waals surface area contributed by atoms with Crippen LogP contribution in [0.5, 0.6) is 0 Å². The van der Waals surface area contributed by atoms with Crippen LogP contribution in [0.3, 0.4) is 0 Å². The lowest BCUT2D eigenvalue weighted by Crippen LogP contribution is -2.29. The molecular weight excluding hydrogens is 294 g/mol. The SMILES string of the molecule is O=S(=O)(CCN[C@H]1CCCc2ccccc21)c1ccccc1. The first kappa shape index (κ1) is 15.3. The Morgan fingerprint density at radius 2 is 1.73 bits per heavy atom. The molecule has 0 radical (unpaired) electrons. The van der Waals surface area contributed by atoms with Gasteiger partial charge in [-0.1, -0.05) is 42.5 Å². The summed E-state index contributed by atoms with van der Waals surface area (Å²) in [5, 5.41) is 3.42. The summed E-state index contributed by atoms with van der Waals surface area (Å²) >= 11 is 0. The average molecular weight is 315 g/mol. The molecule has 0 unspecified atom stereocenters. The van der Waals surface area contributed by atoms with Crippen molar-refractivity contribution < 1.29 is 8.42 Å². The lowest BCUT2D eigenvalue weighted by atomic mass is 9.88. The fourth-order valence-corrected chi connectivity index (χ4v) is 4.27. The van der Waals surface area contributed by atoms with Crippen molar-refractivity contribution in [2.24, 2.45) is 0 Å². The van der Waals surface area contributed by atoms with E-state index in [-0.39, 0.29) is 11.8 Å². The second-order valence-corrected chi connectivity index (χ2v) is 7.84. The average Bonchev–Trinajstić information content (AvgIpc) is 2.56. The van der Waals surface area contributed by atoms with Crippen LogP contribution >= 0.6 is 0 Å². The summed E-state index contributed by atoms with van der Waals surface area (Å²) < 4.78 is 24.6. The van der Waals surface area contributed by atoms with Crippen LogP contribution in [0.2, 0.25) is 0 Å². The van der Waals surface area contributed by atoms with Crippen LogP contribution in [0.25, 0.3) is 0 Å². The zero-order valence-electron chi connectivity index (χ0n) is 12.5. The molecule has 4 heteroatoms. The number of benzene rings is 2. The van der Waals surface area contributed by atoms with Crippen LogP contribution in [0, 0.1) is 0 Å². The number of sulfone groups is 1. The Labute approximate surface area is 132 Å². The predicted molar refractivity (Wildman–Crippen MR) is 88.6 cm³/mol. The van der Waals surface area contributed by atoms with Gasteiger partial charge in [-0.2, -0.15) is 0 Å². The summed E-state index contributed by atoms with van der Waals surface area (Å²) in [4.78, 5) is 0.404. The minimum atomic E-state index is -3.20. The molecule has 116 valence electrons. The highest BCUT2D eigenvalue weighted by Crippen LogP contribution is 2.29. The predicted octanol–water partition coefficient (Wildman–Crippen LogP) is 3.13. The minimum Gasteiger partial charge on any atom is -0.309 e. The van der Waals surface area contributed by atoms with E-state index in [1.807, 2.05) is 6.07 Å². The Morgan fingerprint density at radius 1 is 1.00 bits per heavy atom. The largest absolute Gasteiger partial charge is 0.309 e. The van der Waals surface area contributed by atoms with E-state index in [0.717, 1.165) is 19.3 Å². The van der Waals surface area contributed by atoms with Gasteiger partial charge in [-0.05, 0) is 42.5 Å². The van der Waals surface area contributed by atoms with Gasteiger partial charge in [0.15, 0.2) is 9.84 Å². The standard InChI is InChI=1S/C18H21NO2S/c20-22(21,16-9-2-1-3-10-16)14-13-19-18-12-6-8-15-7-4-5-11-17(15)18/h1-5,7,9-11,18-19H,6,8,12-14H2/t18-/m0/s1. The Bertz CT molecular complexity index is 726. The van der Waals surface area contributed by atoms with Gasteiger partial charge in [-0.25, -0.2) is 8.42 Å². The summed E-state index contributed by atoms with van der Waals surface area (Å²) in [6.45, 7) is 0.482. The maximum absolute atomic E-state index is 12.3. The molecule has 3 rings (SSSR count). The number of hydrogen-bond donors (Lipinski definition) is 1. The molecule has 1 aliphatic carbocycles. The molecule has 2 aromatic rings. The van der Waals surface area contributed by atoms with Gasteiger partial charge in [-0.3, -0.25) is 0 Å². The molecule has 3 nitrogen and oxygen atoms in total. The highest BCUT2D eigenvalue weighted by Gasteiger charge is 2.20. The molecule has 1 atom stereocenters. The zero-order valence-corrected chi connectivity index (χ0v) is 13.4. The molecule has 0 amide bonds. The normalized spacial score (nSPS) is 17.9. The van der Waals surface area contributed by atoms with Gasteiger partial charge in [0.2, 0.25) is 0 Å². The number of hydrogen-bond acceptors (Lipinski definition) is 3. The van der Waals surface area contributed by atoms with Gasteiger partial charge in [0.25, 0.3) is 0 Å². The van der Waals surface area contributed by atoms with Crippen LogP contribution in [-0.4, -0.2) is 20.7 Å². The molecule has 0 heterocycles. The Morgan fingerprint density at radius 3 is 2.55 bits per heavy atom. The van der Waals surface area contributed by atoms with Crippen LogP contribution in [0.1, 0.15) is 30.0 Å². The van der Waals surface area contributed by atoms with Crippen LogP contribution in [0.15, 0.2) is 59.5 Å². The summed E-state index contributed by atoms with van der Waals surface area (Å²) in [5.74, 6) is 0.135. The van der Waals surface area contributed by atoms with E-state index in [9.17, 15) is 8.42 Å². The summed E-state index contributed by atoms with van der Waals surface area (Å²) in [6, 6.07) is 17.4. The number of nitrogens with one attached hydrogen (secondary N) is 1. The van der Waals surface area contributed by atoms with Gasteiger partial charge in [0.05, 0.1) is 10.6 Å². The third kappa shape index (κ3) is 3.39. The van der Waals surface area contributed by atoms with Crippen molar-refractivity contribution in [3.8, 4) is 0 Å². The van der Waals surface area contributed by atoms with E-state index < -0.39 is 9.84 Å². The molecule has 1 aliphatic rings. The molecule has 0 saturated carbocycles. The fraction of sp³-hybridized carbons (Fsp3) is 0.333. The van der Waals surface area contributed by atoms with E-state index in [0.29, 0.717) is 11.4 Å². The van der Waals surface area contributed by atoms with E-state index in [4.69, 9.17) is 0 Å². The monoisotopic (exact) mass is 315 g/mol. The highest BCUT2D eigenvalue weighted by molar-refractivity contribution is 7.91. The lowest BCUT2D eigenvalue weighted by molar-refractivity contribution is 0.470. The molecule has 0 saturated heterocycles. The number of aryl methyl sites for hydroxylation is 1. The van der Waals surface area contributed by atoms with Crippen molar-refractivity contribution in [3.05, 3.63) is 65.7 Å².